The molecule has 0 fully saturated rings. The zero-order chi connectivity index (χ0) is 17.7. The molecule has 2 rings (SSSR count). The summed E-state index contributed by atoms with van der Waals surface area (Å²) < 4.78 is 4.68. The van der Waals surface area contributed by atoms with Crippen LogP contribution in [0.15, 0.2) is 42.7 Å². The number of hydrogen-bond acceptors (Lipinski definition) is 5. The molecule has 2 aromatic rings. The minimum Gasteiger partial charge on any atom is -0.465 e. The van der Waals surface area contributed by atoms with Crippen LogP contribution in [0.2, 0.25) is 5.02 Å². The van der Waals surface area contributed by atoms with Crippen LogP contribution in [0, 0.1) is 0 Å². The topological polar surface area (TPSA) is 71.5 Å². The zero-order valence-corrected chi connectivity index (χ0v) is 14.4. The van der Waals surface area contributed by atoms with Crippen LogP contribution < -0.4 is 5.32 Å². The van der Waals surface area contributed by atoms with Gasteiger partial charge in [0.2, 0.25) is 5.91 Å². The van der Waals surface area contributed by atoms with Crippen molar-refractivity contribution in [3.8, 4) is 0 Å². The third-order valence-electron chi connectivity index (χ3n) is 3.41. The summed E-state index contributed by atoms with van der Waals surface area (Å²) in [5, 5.41) is 3.09. The Morgan fingerprint density at radius 1 is 1.29 bits per heavy atom. The molecule has 1 unspecified atom stereocenters. The number of ether oxygens (including phenoxy) is 1. The number of halogens is 1. The first-order valence-corrected chi connectivity index (χ1v) is 7.57. The first kappa shape index (κ1) is 17.9. The van der Waals surface area contributed by atoms with Crippen molar-refractivity contribution in [2.24, 2.45) is 0 Å². The number of pyridine rings is 1. The number of benzene rings is 1. The van der Waals surface area contributed by atoms with Gasteiger partial charge in [0.15, 0.2) is 0 Å². The summed E-state index contributed by atoms with van der Waals surface area (Å²) in [6.07, 6.45) is 3.28. The number of carbonyl (C=O) groups excluding carboxylic acids is 2. The number of likely N-dealkylation sites (N-methyl/N-ethyl adjacent to an activating group) is 1. The SMILES string of the molecule is COC(=O)c1ccc(Cl)c(NC(=O)C(c2cccnc2)N(C)C)c1. The van der Waals surface area contributed by atoms with Crippen LogP contribution in [0.1, 0.15) is 22.0 Å². The van der Waals surface area contributed by atoms with E-state index < -0.39 is 12.0 Å². The Labute approximate surface area is 145 Å². The van der Waals surface area contributed by atoms with Gasteiger partial charge < -0.3 is 10.1 Å². The Morgan fingerprint density at radius 2 is 2.04 bits per heavy atom. The summed E-state index contributed by atoms with van der Waals surface area (Å²) in [6.45, 7) is 0. The second kappa shape index (κ2) is 7.90. The summed E-state index contributed by atoms with van der Waals surface area (Å²) in [7, 11) is 4.88. The van der Waals surface area contributed by atoms with Crippen molar-refractivity contribution < 1.29 is 14.3 Å². The van der Waals surface area contributed by atoms with Gasteiger partial charge in [-0.05, 0) is 43.9 Å². The highest BCUT2D eigenvalue weighted by Crippen LogP contribution is 2.26. The first-order chi connectivity index (χ1) is 11.4. The minimum absolute atomic E-state index is 0.281. The number of methoxy groups -OCH3 is 1. The number of nitrogens with zero attached hydrogens (tertiary/aromatic N) is 2. The fraction of sp³-hybridized carbons (Fsp3) is 0.235. The molecule has 0 radical (unpaired) electrons. The molecule has 24 heavy (non-hydrogen) atoms. The van der Waals surface area contributed by atoms with Crippen molar-refractivity contribution in [3.63, 3.8) is 0 Å². The fourth-order valence-corrected chi connectivity index (χ4v) is 2.45. The van der Waals surface area contributed by atoms with Crippen molar-refractivity contribution in [2.75, 3.05) is 26.5 Å². The molecule has 0 spiro atoms. The number of anilines is 1. The smallest absolute Gasteiger partial charge is 0.337 e. The molecule has 0 saturated carbocycles. The number of aromatic nitrogens is 1. The van der Waals surface area contributed by atoms with Gasteiger partial charge in [0.1, 0.15) is 6.04 Å². The van der Waals surface area contributed by atoms with Gasteiger partial charge >= 0.3 is 5.97 Å². The summed E-state index contributed by atoms with van der Waals surface area (Å²) >= 11 is 6.13. The molecular weight excluding hydrogens is 330 g/mol. The number of nitrogens with one attached hydrogen (secondary N) is 1. The molecule has 0 bridgehead atoms. The van der Waals surface area contributed by atoms with Gasteiger partial charge in [-0.3, -0.25) is 14.7 Å². The molecular formula is C17H18ClN3O3. The number of esters is 1. The average molecular weight is 348 g/mol. The predicted octanol–water partition coefficient (Wildman–Crippen LogP) is 2.76. The van der Waals surface area contributed by atoms with Gasteiger partial charge in [0.05, 0.1) is 23.4 Å². The predicted molar refractivity (Wildman–Crippen MR) is 92.1 cm³/mol. The van der Waals surface area contributed by atoms with Crippen LogP contribution in [0.25, 0.3) is 0 Å². The second-order valence-electron chi connectivity index (χ2n) is 5.33. The molecule has 1 heterocycles. The molecule has 1 atom stereocenters. The summed E-state index contributed by atoms with van der Waals surface area (Å²) in [5.41, 5.74) is 1.40. The number of hydrogen-bond donors (Lipinski definition) is 1. The van der Waals surface area contributed by atoms with E-state index in [1.165, 1.54) is 25.3 Å². The normalized spacial score (nSPS) is 11.9. The van der Waals surface area contributed by atoms with Crippen molar-refractivity contribution in [3.05, 3.63) is 58.9 Å². The molecule has 6 nitrogen and oxygen atoms in total. The Hall–Kier alpha value is -2.44. The van der Waals surface area contributed by atoms with Crippen molar-refractivity contribution >= 4 is 29.2 Å². The Kier molecular flexibility index (Phi) is 5.89. The van der Waals surface area contributed by atoms with Crippen molar-refractivity contribution in [2.45, 2.75) is 6.04 Å². The van der Waals surface area contributed by atoms with E-state index in [1.54, 1.807) is 37.5 Å². The molecule has 1 aromatic carbocycles. The van der Waals surface area contributed by atoms with E-state index in [2.05, 4.69) is 15.0 Å². The number of carbonyl (C=O) groups is 2. The van der Waals surface area contributed by atoms with Crippen LogP contribution in [0.3, 0.4) is 0 Å². The highest BCUT2D eigenvalue weighted by atomic mass is 35.5. The molecule has 7 heteroatoms. The Morgan fingerprint density at radius 3 is 2.62 bits per heavy atom. The third-order valence-corrected chi connectivity index (χ3v) is 3.74. The maximum atomic E-state index is 12.7. The van der Waals surface area contributed by atoms with E-state index >= 15 is 0 Å². The highest BCUT2D eigenvalue weighted by Gasteiger charge is 2.24. The lowest BCUT2D eigenvalue weighted by Gasteiger charge is -2.23. The summed E-state index contributed by atoms with van der Waals surface area (Å²) in [5.74, 6) is -0.782. The Bertz CT molecular complexity index is 735. The molecule has 1 aromatic heterocycles. The second-order valence-corrected chi connectivity index (χ2v) is 5.74. The molecule has 1 N–H and O–H groups in total. The highest BCUT2D eigenvalue weighted by molar-refractivity contribution is 6.34. The Balaban J connectivity index is 2.29. The fourth-order valence-electron chi connectivity index (χ4n) is 2.29. The van der Waals surface area contributed by atoms with Crippen LogP contribution >= 0.6 is 11.6 Å². The van der Waals surface area contributed by atoms with Gasteiger partial charge in [0.25, 0.3) is 0 Å². The standard InChI is InChI=1S/C17H18ClN3O3/c1-21(2)15(12-5-4-8-19-10-12)16(22)20-14-9-11(17(23)24-3)6-7-13(14)18/h4-10,15H,1-3H3,(H,20,22). The maximum Gasteiger partial charge on any atom is 0.337 e. The van der Waals surface area contributed by atoms with E-state index in [0.717, 1.165) is 5.56 Å². The average Bonchev–Trinajstić information content (AvgIpc) is 2.57. The van der Waals surface area contributed by atoms with E-state index in [4.69, 9.17) is 11.6 Å². The molecule has 1 amide bonds. The van der Waals surface area contributed by atoms with Crippen molar-refractivity contribution in [1.82, 2.24) is 9.88 Å². The summed E-state index contributed by atoms with van der Waals surface area (Å²) in [6, 6.07) is 7.61. The molecule has 126 valence electrons. The molecule has 0 saturated heterocycles. The minimum atomic E-state index is -0.545. The van der Waals surface area contributed by atoms with Crippen LogP contribution in [0.5, 0.6) is 0 Å². The van der Waals surface area contributed by atoms with Crippen LogP contribution in [-0.2, 0) is 9.53 Å². The van der Waals surface area contributed by atoms with E-state index in [1.807, 2.05) is 6.07 Å². The number of rotatable bonds is 5. The quantitative estimate of drug-likeness (QED) is 0.842. The van der Waals surface area contributed by atoms with Gasteiger partial charge in [-0.25, -0.2) is 4.79 Å². The van der Waals surface area contributed by atoms with Crippen LogP contribution in [0.4, 0.5) is 5.69 Å². The molecule has 0 aliphatic carbocycles. The maximum absolute atomic E-state index is 12.7. The molecule has 0 aliphatic rings. The zero-order valence-electron chi connectivity index (χ0n) is 13.6. The summed E-state index contributed by atoms with van der Waals surface area (Å²) in [4.78, 5) is 30.2. The number of amides is 1. The van der Waals surface area contributed by atoms with E-state index in [-0.39, 0.29) is 5.91 Å². The molecule has 0 aliphatic heterocycles. The van der Waals surface area contributed by atoms with Crippen molar-refractivity contribution in [1.29, 1.82) is 0 Å². The lowest BCUT2D eigenvalue weighted by atomic mass is 10.1. The van der Waals surface area contributed by atoms with Gasteiger partial charge in [-0.15, -0.1) is 0 Å². The third kappa shape index (κ3) is 4.10. The van der Waals surface area contributed by atoms with Gasteiger partial charge in [-0.1, -0.05) is 17.7 Å². The largest absolute Gasteiger partial charge is 0.465 e. The lowest BCUT2D eigenvalue weighted by Crippen LogP contribution is -2.32. The lowest BCUT2D eigenvalue weighted by molar-refractivity contribution is -0.120. The van der Waals surface area contributed by atoms with E-state index in [9.17, 15) is 9.59 Å². The van der Waals surface area contributed by atoms with Gasteiger partial charge in [0, 0.05) is 12.4 Å². The van der Waals surface area contributed by atoms with E-state index in [0.29, 0.717) is 16.3 Å². The monoisotopic (exact) mass is 347 g/mol. The first-order valence-electron chi connectivity index (χ1n) is 7.19. The van der Waals surface area contributed by atoms with Crippen LogP contribution in [-0.4, -0.2) is 43.0 Å². The van der Waals surface area contributed by atoms with Gasteiger partial charge in [-0.2, -0.15) is 0 Å².